The number of allylic oxidation sites excluding steroid dienone is 3. The quantitative estimate of drug-likeness (QED) is 0.678. The minimum Gasteiger partial charge on any atom is -0.366 e. The summed E-state index contributed by atoms with van der Waals surface area (Å²) in [5, 5.41) is 3.19. The van der Waals surface area contributed by atoms with E-state index in [0.29, 0.717) is 12.7 Å². The first-order valence-electron chi connectivity index (χ1n) is 9.86. The normalized spacial score (nSPS) is 20.6. The lowest BCUT2D eigenvalue weighted by atomic mass is 9.86. The van der Waals surface area contributed by atoms with Crippen molar-refractivity contribution in [3.63, 3.8) is 0 Å². The summed E-state index contributed by atoms with van der Waals surface area (Å²) in [6.07, 6.45) is 8.07. The molecule has 2 aliphatic rings. The fourth-order valence-electron chi connectivity index (χ4n) is 3.84. The SMILES string of the molecule is C=N/C(=C(C)\C(C)=N/CNc1ccc(F)cc1)N1CCC2=CCCC=C2C1C. The average molecular weight is 381 g/mol. The van der Waals surface area contributed by atoms with Gasteiger partial charge in [-0.05, 0) is 82.2 Å². The fourth-order valence-corrected chi connectivity index (χ4v) is 3.84. The van der Waals surface area contributed by atoms with Crippen molar-refractivity contribution >= 4 is 18.1 Å². The van der Waals surface area contributed by atoms with Crippen molar-refractivity contribution in [2.75, 3.05) is 18.5 Å². The first kappa shape index (κ1) is 20.1. The van der Waals surface area contributed by atoms with Crippen LogP contribution in [0.3, 0.4) is 0 Å². The molecule has 0 amide bonds. The number of aliphatic imine (C=N–C) groups is 2. The van der Waals surface area contributed by atoms with E-state index in [-0.39, 0.29) is 5.82 Å². The van der Waals surface area contributed by atoms with Crippen molar-refractivity contribution in [3.8, 4) is 0 Å². The van der Waals surface area contributed by atoms with Gasteiger partial charge in [-0.1, -0.05) is 12.2 Å². The van der Waals surface area contributed by atoms with E-state index < -0.39 is 0 Å². The Labute approximate surface area is 167 Å². The van der Waals surface area contributed by atoms with E-state index in [0.717, 1.165) is 48.6 Å². The van der Waals surface area contributed by atoms with Crippen LogP contribution in [0.2, 0.25) is 0 Å². The molecule has 28 heavy (non-hydrogen) atoms. The average Bonchev–Trinajstić information content (AvgIpc) is 2.71. The fraction of sp³-hybridized carbons (Fsp3) is 0.391. The van der Waals surface area contributed by atoms with Gasteiger partial charge in [0.25, 0.3) is 0 Å². The second kappa shape index (κ2) is 9.00. The molecule has 1 aromatic carbocycles. The Morgan fingerprint density at radius 1 is 1.21 bits per heavy atom. The minimum absolute atomic E-state index is 0.243. The minimum atomic E-state index is -0.243. The standard InChI is InChI=1S/C23H29FN4/c1-16(17(2)26-15-27-21-11-9-20(24)10-12-21)23(25-4)28-14-13-19-7-5-6-8-22(19)18(28)3/h7-12,18,27H,4-6,13-15H2,1-3H3/b23-16+,26-17-. The van der Waals surface area contributed by atoms with Gasteiger partial charge in [0.2, 0.25) is 0 Å². The van der Waals surface area contributed by atoms with Crippen LogP contribution in [0, 0.1) is 5.82 Å². The van der Waals surface area contributed by atoms with Gasteiger partial charge in [0.1, 0.15) is 18.3 Å². The maximum absolute atomic E-state index is 13.0. The molecule has 1 atom stereocenters. The van der Waals surface area contributed by atoms with Crippen molar-refractivity contribution in [1.82, 2.24) is 4.90 Å². The Morgan fingerprint density at radius 3 is 2.64 bits per heavy atom. The highest BCUT2D eigenvalue weighted by Crippen LogP contribution is 2.34. The molecule has 1 unspecified atom stereocenters. The molecule has 1 heterocycles. The van der Waals surface area contributed by atoms with Gasteiger partial charge in [0.15, 0.2) is 0 Å². The van der Waals surface area contributed by atoms with Crippen molar-refractivity contribution in [3.05, 3.63) is 64.8 Å². The molecule has 1 aliphatic heterocycles. The molecule has 5 heteroatoms. The maximum atomic E-state index is 13.0. The number of rotatable bonds is 6. The summed E-state index contributed by atoms with van der Waals surface area (Å²) in [5.41, 5.74) is 5.72. The number of fused-ring (bicyclic) bond motifs is 1. The predicted molar refractivity (Wildman–Crippen MR) is 116 cm³/mol. The number of nitrogens with zero attached hydrogens (tertiary/aromatic N) is 3. The third-order valence-corrected chi connectivity index (χ3v) is 5.58. The maximum Gasteiger partial charge on any atom is 0.133 e. The summed E-state index contributed by atoms with van der Waals surface area (Å²) in [6, 6.07) is 6.57. The summed E-state index contributed by atoms with van der Waals surface area (Å²) in [4.78, 5) is 11.3. The lowest BCUT2D eigenvalue weighted by Gasteiger charge is -2.40. The van der Waals surface area contributed by atoms with Crippen LogP contribution >= 0.6 is 0 Å². The van der Waals surface area contributed by atoms with E-state index in [1.165, 1.54) is 23.3 Å². The zero-order chi connectivity index (χ0) is 20.1. The molecule has 1 fully saturated rings. The highest BCUT2D eigenvalue weighted by Gasteiger charge is 2.29. The zero-order valence-corrected chi connectivity index (χ0v) is 17.0. The molecule has 1 N–H and O–H groups in total. The largest absolute Gasteiger partial charge is 0.366 e. The van der Waals surface area contributed by atoms with Crippen molar-refractivity contribution in [1.29, 1.82) is 0 Å². The Kier molecular flexibility index (Phi) is 6.45. The number of likely N-dealkylation sites (tertiary alicyclic amines) is 1. The summed E-state index contributed by atoms with van der Waals surface area (Å²) in [6.45, 7) is 11.5. The van der Waals surface area contributed by atoms with Gasteiger partial charge in [-0.15, -0.1) is 0 Å². The van der Waals surface area contributed by atoms with E-state index in [9.17, 15) is 4.39 Å². The Balaban J connectivity index is 1.73. The van der Waals surface area contributed by atoms with Gasteiger partial charge >= 0.3 is 0 Å². The molecule has 1 aromatic rings. The van der Waals surface area contributed by atoms with E-state index in [2.05, 4.69) is 46.0 Å². The molecule has 0 saturated carbocycles. The summed E-state index contributed by atoms with van der Waals surface area (Å²) >= 11 is 0. The van der Waals surface area contributed by atoms with E-state index in [4.69, 9.17) is 0 Å². The second-order valence-electron chi connectivity index (χ2n) is 7.28. The van der Waals surface area contributed by atoms with E-state index in [1.54, 1.807) is 12.1 Å². The highest BCUT2D eigenvalue weighted by molar-refractivity contribution is 5.98. The van der Waals surface area contributed by atoms with Gasteiger partial charge < -0.3 is 10.2 Å². The Hall–Kier alpha value is -2.69. The first-order valence-corrected chi connectivity index (χ1v) is 9.86. The molecular weight excluding hydrogens is 351 g/mol. The number of piperidine rings is 1. The van der Waals surface area contributed by atoms with Crippen molar-refractivity contribution < 1.29 is 4.39 Å². The van der Waals surface area contributed by atoms with Crippen LogP contribution in [0.1, 0.15) is 40.0 Å². The van der Waals surface area contributed by atoms with Crippen LogP contribution in [0.5, 0.6) is 0 Å². The Bertz CT molecular complexity index is 846. The van der Waals surface area contributed by atoms with Crippen molar-refractivity contribution in [2.45, 2.75) is 46.1 Å². The third-order valence-electron chi connectivity index (χ3n) is 5.58. The zero-order valence-electron chi connectivity index (χ0n) is 17.0. The first-order chi connectivity index (χ1) is 13.5. The van der Waals surface area contributed by atoms with Gasteiger partial charge in [0.05, 0.1) is 6.04 Å². The second-order valence-corrected chi connectivity index (χ2v) is 7.28. The lowest BCUT2D eigenvalue weighted by molar-refractivity contribution is 0.276. The third kappa shape index (κ3) is 4.41. The van der Waals surface area contributed by atoms with E-state index in [1.807, 2.05) is 13.8 Å². The van der Waals surface area contributed by atoms with Crippen LogP contribution in [-0.4, -0.2) is 36.6 Å². The monoisotopic (exact) mass is 380 g/mol. The summed E-state index contributed by atoms with van der Waals surface area (Å²) in [5.74, 6) is 0.661. The molecule has 1 saturated heterocycles. The smallest absolute Gasteiger partial charge is 0.133 e. The molecule has 0 bridgehead atoms. The van der Waals surface area contributed by atoms with Gasteiger partial charge in [0, 0.05) is 23.5 Å². The van der Waals surface area contributed by atoms with Crippen LogP contribution in [0.4, 0.5) is 10.1 Å². The molecular formula is C23H29FN4. The van der Waals surface area contributed by atoms with Crippen LogP contribution in [0.15, 0.2) is 68.9 Å². The topological polar surface area (TPSA) is 40.0 Å². The number of hydrogen-bond acceptors (Lipinski definition) is 4. The molecule has 0 aromatic heterocycles. The Morgan fingerprint density at radius 2 is 1.93 bits per heavy atom. The number of benzene rings is 1. The summed E-state index contributed by atoms with van der Waals surface area (Å²) in [7, 11) is 0. The molecule has 0 spiro atoms. The highest BCUT2D eigenvalue weighted by atomic mass is 19.1. The van der Waals surface area contributed by atoms with E-state index >= 15 is 0 Å². The molecule has 1 aliphatic carbocycles. The predicted octanol–water partition coefficient (Wildman–Crippen LogP) is 5.33. The van der Waals surface area contributed by atoms with Crippen LogP contribution < -0.4 is 5.32 Å². The summed E-state index contributed by atoms with van der Waals surface area (Å²) < 4.78 is 13.0. The molecule has 3 rings (SSSR count). The van der Waals surface area contributed by atoms with Crippen LogP contribution in [0.25, 0.3) is 0 Å². The lowest BCUT2D eigenvalue weighted by Crippen LogP contribution is -2.40. The number of hydrogen-bond donors (Lipinski definition) is 1. The van der Waals surface area contributed by atoms with Gasteiger partial charge in [-0.3, -0.25) is 4.99 Å². The van der Waals surface area contributed by atoms with Crippen molar-refractivity contribution in [2.24, 2.45) is 9.98 Å². The number of nitrogens with one attached hydrogen (secondary N) is 1. The number of anilines is 1. The van der Waals surface area contributed by atoms with Gasteiger partial charge in [-0.2, -0.15) is 0 Å². The molecule has 4 nitrogen and oxygen atoms in total. The van der Waals surface area contributed by atoms with Gasteiger partial charge in [-0.25, -0.2) is 9.38 Å². The number of halogens is 1. The molecule has 0 radical (unpaired) electrons. The van der Waals surface area contributed by atoms with Crippen LogP contribution in [-0.2, 0) is 0 Å². The molecule has 148 valence electrons.